The van der Waals surface area contributed by atoms with E-state index in [-0.39, 0.29) is 5.91 Å². The summed E-state index contributed by atoms with van der Waals surface area (Å²) in [5.74, 6) is 3.26. The highest BCUT2D eigenvalue weighted by molar-refractivity contribution is 7.99. The third-order valence-corrected chi connectivity index (χ3v) is 6.75. The highest BCUT2D eigenvalue weighted by Gasteiger charge is 2.13. The van der Waals surface area contributed by atoms with Gasteiger partial charge >= 0.3 is 0 Å². The van der Waals surface area contributed by atoms with Gasteiger partial charge in [-0.3, -0.25) is 4.79 Å². The number of amides is 1. The fourth-order valence-electron chi connectivity index (χ4n) is 2.97. The van der Waals surface area contributed by atoms with Gasteiger partial charge in [0.15, 0.2) is 5.16 Å². The maximum Gasteiger partial charge on any atom is 0.234 e. The molecule has 5 nitrogen and oxygen atoms in total. The fourth-order valence-corrected chi connectivity index (χ4v) is 4.67. The Morgan fingerprint density at radius 1 is 1.07 bits per heavy atom. The first kappa shape index (κ1) is 22.4. The lowest BCUT2D eigenvalue weighted by atomic mass is 10.0. The van der Waals surface area contributed by atoms with Gasteiger partial charge in [0.05, 0.1) is 11.5 Å². The number of hydrogen-bond donors (Lipinski definition) is 1. The van der Waals surface area contributed by atoms with Crippen molar-refractivity contribution in [1.82, 2.24) is 14.8 Å². The quantitative estimate of drug-likeness (QED) is 0.451. The van der Waals surface area contributed by atoms with Crippen molar-refractivity contribution in [3.63, 3.8) is 0 Å². The minimum Gasteiger partial charge on any atom is -0.325 e. The Hall–Kier alpha value is -2.25. The van der Waals surface area contributed by atoms with Crippen LogP contribution >= 0.6 is 23.5 Å². The number of anilines is 1. The van der Waals surface area contributed by atoms with Gasteiger partial charge in [0.1, 0.15) is 5.82 Å². The maximum absolute atomic E-state index is 12.4. The average Bonchev–Trinajstić information content (AvgIpc) is 3.08. The minimum absolute atomic E-state index is 0.0357. The Bertz CT molecular complexity index is 983. The summed E-state index contributed by atoms with van der Waals surface area (Å²) in [6.45, 7) is 6.34. The van der Waals surface area contributed by atoms with E-state index >= 15 is 0 Å². The van der Waals surface area contributed by atoms with Crippen molar-refractivity contribution in [2.45, 2.75) is 43.4 Å². The van der Waals surface area contributed by atoms with Crippen LogP contribution in [0.3, 0.4) is 0 Å². The zero-order valence-electron chi connectivity index (χ0n) is 17.9. The molecule has 0 saturated carbocycles. The van der Waals surface area contributed by atoms with E-state index in [0.29, 0.717) is 11.7 Å². The monoisotopic (exact) mass is 440 g/mol. The lowest BCUT2D eigenvalue weighted by Gasteiger charge is -2.13. The van der Waals surface area contributed by atoms with E-state index in [9.17, 15) is 4.79 Å². The van der Waals surface area contributed by atoms with Crippen LogP contribution in [0.5, 0.6) is 0 Å². The molecule has 0 unspecified atom stereocenters. The number of carbonyl (C=O) groups is 1. The summed E-state index contributed by atoms with van der Waals surface area (Å²) in [5.41, 5.74) is 4.60. The number of benzene rings is 2. The van der Waals surface area contributed by atoms with E-state index in [1.807, 2.05) is 41.6 Å². The molecule has 0 radical (unpaired) electrons. The van der Waals surface area contributed by atoms with Crippen molar-refractivity contribution in [3.05, 3.63) is 71.0 Å². The van der Waals surface area contributed by atoms with Crippen LogP contribution in [0.25, 0.3) is 0 Å². The normalized spacial score (nSPS) is 11.1. The maximum atomic E-state index is 12.4. The molecule has 0 aliphatic carbocycles. The molecule has 0 atom stereocenters. The summed E-state index contributed by atoms with van der Waals surface area (Å²) >= 11 is 3.22. The SMILES string of the molecule is Cc1ccc(CSCc2nnc(SCC(=O)Nc3ccccc3C(C)C)n2C)cc1. The molecule has 1 aromatic heterocycles. The van der Waals surface area contributed by atoms with Crippen LogP contribution in [0.2, 0.25) is 0 Å². The fraction of sp³-hybridized carbons (Fsp3) is 0.348. The van der Waals surface area contributed by atoms with Gasteiger partial charge in [0.2, 0.25) is 5.91 Å². The lowest BCUT2D eigenvalue weighted by Crippen LogP contribution is -2.16. The number of nitrogens with one attached hydrogen (secondary N) is 1. The van der Waals surface area contributed by atoms with Crippen molar-refractivity contribution < 1.29 is 4.79 Å². The molecule has 1 N–H and O–H groups in total. The zero-order valence-corrected chi connectivity index (χ0v) is 19.5. The molecular formula is C23H28N4OS2. The first-order valence-corrected chi connectivity index (χ1v) is 12.1. The van der Waals surface area contributed by atoms with Gasteiger partial charge in [-0.1, -0.05) is 73.6 Å². The molecule has 1 heterocycles. The second-order valence-corrected chi connectivity index (χ2v) is 9.44. The molecule has 0 aliphatic rings. The third-order valence-electron chi connectivity index (χ3n) is 4.73. The smallest absolute Gasteiger partial charge is 0.234 e. The molecule has 2 aromatic carbocycles. The topological polar surface area (TPSA) is 59.8 Å². The third kappa shape index (κ3) is 6.12. The predicted molar refractivity (Wildman–Crippen MR) is 127 cm³/mol. The molecule has 7 heteroatoms. The molecule has 0 bridgehead atoms. The van der Waals surface area contributed by atoms with Gasteiger partial charge in [-0.2, -0.15) is 0 Å². The highest BCUT2D eigenvalue weighted by Crippen LogP contribution is 2.25. The van der Waals surface area contributed by atoms with Crippen molar-refractivity contribution >= 4 is 35.1 Å². The van der Waals surface area contributed by atoms with E-state index in [0.717, 1.165) is 33.7 Å². The van der Waals surface area contributed by atoms with Gasteiger partial charge in [0, 0.05) is 18.5 Å². The number of thioether (sulfide) groups is 2. The Morgan fingerprint density at radius 3 is 2.53 bits per heavy atom. The van der Waals surface area contributed by atoms with Gasteiger partial charge in [-0.05, 0) is 30.0 Å². The minimum atomic E-state index is -0.0357. The van der Waals surface area contributed by atoms with Crippen LogP contribution in [0, 0.1) is 6.92 Å². The van der Waals surface area contributed by atoms with Gasteiger partial charge in [-0.15, -0.1) is 22.0 Å². The summed E-state index contributed by atoms with van der Waals surface area (Å²) in [7, 11) is 1.95. The standard InChI is InChI=1S/C23H28N4OS2/c1-16(2)19-7-5-6-8-20(19)24-22(28)15-30-23-26-25-21(27(23)4)14-29-13-18-11-9-17(3)10-12-18/h5-12,16H,13-15H2,1-4H3,(H,24,28). The lowest BCUT2D eigenvalue weighted by molar-refractivity contribution is -0.113. The number of aromatic nitrogens is 3. The molecule has 3 aromatic rings. The van der Waals surface area contributed by atoms with Crippen molar-refractivity contribution in [1.29, 1.82) is 0 Å². The Morgan fingerprint density at radius 2 is 1.80 bits per heavy atom. The Kier molecular flexibility index (Phi) is 7.99. The van der Waals surface area contributed by atoms with Crippen LogP contribution in [0.4, 0.5) is 5.69 Å². The van der Waals surface area contributed by atoms with Gasteiger partial charge in [0.25, 0.3) is 0 Å². The second-order valence-electron chi connectivity index (χ2n) is 7.52. The van der Waals surface area contributed by atoms with E-state index < -0.39 is 0 Å². The molecular weight excluding hydrogens is 412 g/mol. The number of aryl methyl sites for hydroxylation is 1. The summed E-state index contributed by atoms with van der Waals surface area (Å²) < 4.78 is 1.97. The largest absolute Gasteiger partial charge is 0.325 e. The van der Waals surface area contributed by atoms with Crippen LogP contribution in [-0.2, 0) is 23.3 Å². The van der Waals surface area contributed by atoms with E-state index in [4.69, 9.17) is 0 Å². The molecule has 3 rings (SSSR count). The van der Waals surface area contributed by atoms with Crippen molar-refractivity contribution in [2.24, 2.45) is 7.05 Å². The van der Waals surface area contributed by atoms with Crippen molar-refractivity contribution in [3.8, 4) is 0 Å². The van der Waals surface area contributed by atoms with Crippen molar-refractivity contribution in [2.75, 3.05) is 11.1 Å². The number of hydrogen-bond acceptors (Lipinski definition) is 5. The number of carbonyl (C=O) groups excluding carboxylic acids is 1. The summed E-state index contributed by atoms with van der Waals surface area (Å²) in [5, 5.41) is 12.3. The molecule has 0 spiro atoms. The molecule has 30 heavy (non-hydrogen) atoms. The Labute approximate surface area is 187 Å². The van der Waals surface area contributed by atoms with Crippen LogP contribution in [-0.4, -0.2) is 26.4 Å². The van der Waals surface area contributed by atoms with Gasteiger partial charge < -0.3 is 9.88 Å². The van der Waals surface area contributed by atoms with E-state index in [2.05, 4.69) is 66.6 Å². The molecule has 0 saturated heterocycles. The van der Waals surface area contributed by atoms with E-state index in [1.165, 1.54) is 22.9 Å². The summed E-state index contributed by atoms with van der Waals surface area (Å²) in [4.78, 5) is 12.4. The molecule has 158 valence electrons. The predicted octanol–water partition coefficient (Wildman–Crippen LogP) is 5.41. The van der Waals surface area contributed by atoms with Crippen LogP contribution in [0.1, 0.15) is 42.3 Å². The first-order chi connectivity index (χ1) is 14.4. The van der Waals surface area contributed by atoms with Gasteiger partial charge in [-0.25, -0.2) is 0 Å². The Balaban J connectivity index is 1.50. The summed E-state index contributed by atoms with van der Waals surface area (Å²) in [6.07, 6.45) is 0. The number of nitrogens with zero attached hydrogens (tertiary/aromatic N) is 3. The molecule has 0 fully saturated rings. The average molecular weight is 441 g/mol. The number of rotatable bonds is 9. The second kappa shape index (κ2) is 10.7. The van der Waals surface area contributed by atoms with Crippen LogP contribution < -0.4 is 5.32 Å². The summed E-state index contributed by atoms with van der Waals surface area (Å²) in [6, 6.07) is 16.5. The first-order valence-electron chi connectivity index (χ1n) is 9.97. The highest BCUT2D eigenvalue weighted by atomic mass is 32.2. The number of para-hydroxylation sites is 1. The van der Waals surface area contributed by atoms with E-state index in [1.54, 1.807) is 0 Å². The molecule has 1 amide bonds. The zero-order chi connectivity index (χ0) is 21.5. The van der Waals surface area contributed by atoms with Crippen LogP contribution in [0.15, 0.2) is 53.7 Å². The molecule has 0 aliphatic heterocycles.